The molecule has 0 N–H and O–H groups in total. The number of hydrogen-bond donors (Lipinski definition) is 0. The first kappa shape index (κ1) is 19.4. The summed E-state index contributed by atoms with van der Waals surface area (Å²) in [5.74, 6) is 0. The molecular weight excluding hydrogens is 292 g/mol. The molecule has 1 atom stereocenters. The monoisotopic (exact) mass is 318 g/mol. The first-order valence-corrected chi connectivity index (χ1v) is 7.90. The van der Waals surface area contributed by atoms with Crippen LogP contribution in [0.25, 0.3) is 0 Å². The summed E-state index contributed by atoms with van der Waals surface area (Å²) in [5.41, 5.74) is 2.12. The van der Waals surface area contributed by atoms with Crippen LogP contribution in [-0.2, 0) is 10.3 Å². The van der Waals surface area contributed by atoms with Gasteiger partial charge in [-0.1, -0.05) is 105 Å². The van der Waals surface area contributed by atoms with Crippen molar-refractivity contribution in [3.63, 3.8) is 0 Å². The second kappa shape index (κ2) is 10.2. The Hall–Kier alpha value is -2.64. The molecule has 124 valence electrons. The lowest BCUT2D eigenvalue weighted by Crippen LogP contribution is -2.32. The van der Waals surface area contributed by atoms with Gasteiger partial charge in [0.15, 0.2) is 0 Å². The highest BCUT2D eigenvalue weighted by atomic mass is 16.5. The number of benzene rings is 1. The van der Waals surface area contributed by atoms with Gasteiger partial charge in [0.05, 0.1) is 0 Å². The molecule has 1 aromatic carbocycles. The third kappa shape index (κ3) is 4.21. The van der Waals surface area contributed by atoms with E-state index in [9.17, 15) is 0 Å². The largest absolute Gasteiger partial charge is 0.364 e. The normalized spacial score (nSPS) is 15.4. The Bertz CT molecular complexity index is 671. The molecule has 1 rings (SSSR count). The van der Waals surface area contributed by atoms with E-state index in [0.717, 1.165) is 16.7 Å². The first-order valence-electron chi connectivity index (χ1n) is 7.90. The second-order valence-corrected chi connectivity index (χ2v) is 5.06. The Kier molecular flexibility index (Phi) is 8.24. The highest BCUT2D eigenvalue weighted by Gasteiger charge is 2.37. The molecule has 0 heterocycles. The molecule has 0 saturated heterocycles. The number of rotatable bonds is 9. The SMILES string of the molecule is C=C/C=C\C(=C/C=C)C(OC)(/C(C=C)=C/C=C\C)c1ccccc1. The zero-order valence-electron chi connectivity index (χ0n) is 14.6. The van der Waals surface area contributed by atoms with E-state index in [1.165, 1.54) is 0 Å². The molecule has 0 fully saturated rings. The van der Waals surface area contributed by atoms with Crippen LogP contribution in [-0.4, -0.2) is 7.11 Å². The fourth-order valence-electron chi connectivity index (χ4n) is 2.64. The lowest BCUT2D eigenvalue weighted by Gasteiger charge is -2.36. The number of ether oxygens (including phenoxy) is 1. The third-order valence-electron chi connectivity index (χ3n) is 3.70. The van der Waals surface area contributed by atoms with Crippen LogP contribution in [0.3, 0.4) is 0 Å². The number of allylic oxidation sites excluding steroid dienone is 7. The zero-order chi connectivity index (χ0) is 17.8. The van der Waals surface area contributed by atoms with E-state index in [1.54, 1.807) is 19.3 Å². The summed E-state index contributed by atoms with van der Waals surface area (Å²) < 4.78 is 6.11. The molecule has 1 heteroatoms. The van der Waals surface area contributed by atoms with Gasteiger partial charge in [0.1, 0.15) is 5.60 Å². The van der Waals surface area contributed by atoms with E-state index in [0.29, 0.717) is 0 Å². The van der Waals surface area contributed by atoms with Crippen molar-refractivity contribution < 1.29 is 4.74 Å². The van der Waals surface area contributed by atoms with Crippen molar-refractivity contribution in [2.24, 2.45) is 0 Å². The molecule has 0 aliphatic heterocycles. The van der Waals surface area contributed by atoms with Crippen molar-refractivity contribution >= 4 is 0 Å². The molecular formula is C23H26O. The highest BCUT2D eigenvalue weighted by molar-refractivity contribution is 5.53. The molecule has 1 unspecified atom stereocenters. The van der Waals surface area contributed by atoms with Gasteiger partial charge in [0.25, 0.3) is 0 Å². The Morgan fingerprint density at radius 3 is 2.17 bits per heavy atom. The summed E-state index contributed by atoms with van der Waals surface area (Å²) in [7, 11) is 1.71. The first-order chi connectivity index (χ1) is 11.7. The quantitative estimate of drug-likeness (QED) is 0.502. The van der Waals surface area contributed by atoms with E-state index in [1.807, 2.05) is 67.7 Å². The minimum Gasteiger partial charge on any atom is -0.364 e. The van der Waals surface area contributed by atoms with Crippen molar-refractivity contribution in [1.82, 2.24) is 0 Å². The number of hydrogen-bond acceptors (Lipinski definition) is 1. The van der Waals surface area contributed by atoms with Crippen molar-refractivity contribution in [1.29, 1.82) is 0 Å². The smallest absolute Gasteiger partial charge is 0.143 e. The van der Waals surface area contributed by atoms with Gasteiger partial charge >= 0.3 is 0 Å². The van der Waals surface area contributed by atoms with E-state index < -0.39 is 5.60 Å². The van der Waals surface area contributed by atoms with Gasteiger partial charge in [0.2, 0.25) is 0 Å². The molecule has 1 aromatic rings. The Balaban J connectivity index is 3.81. The molecule has 0 aliphatic carbocycles. The summed E-state index contributed by atoms with van der Waals surface area (Å²) >= 11 is 0. The zero-order valence-corrected chi connectivity index (χ0v) is 14.6. The van der Waals surface area contributed by atoms with Crippen molar-refractivity contribution in [2.45, 2.75) is 12.5 Å². The van der Waals surface area contributed by atoms with Gasteiger partial charge in [-0.05, 0) is 23.6 Å². The fraction of sp³-hybridized carbons (Fsp3) is 0.130. The molecule has 0 aromatic heterocycles. The van der Waals surface area contributed by atoms with Crippen LogP contribution >= 0.6 is 0 Å². The van der Waals surface area contributed by atoms with E-state index >= 15 is 0 Å². The van der Waals surface area contributed by atoms with Crippen LogP contribution < -0.4 is 0 Å². The summed E-state index contributed by atoms with van der Waals surface area (Å²) in [5, 5.41) is 0. The average Bonchev–Trinajstić information content (AvgIpc) is 2.63. The highest BCUT2D eigenvalue weighted by Crippen LogP contribution is 2.41. The maximum absolute atomic E-state index is 6.11. The average molecular weight is 318 g/mol. The molecule has 24 heavy (non-hydrogen) atoms. The van der Waals surface area contributed by atoms with Crippen LogP contribution in [0.1, 0.15) is 12.5 Å². The van der Waals surface area contributed by atoms with Gasteiger partial charge in [-0.25, -0.2) is 0 Å². The van der Waals surface area contributed by atoms with Crippen LogP contribution in [0, 0.1) is 0 Å². The molecule has 0 spiro atoms. The minimum absolute atomic E-state index is 0.782. The topological polar surface area (TPSA) is 9.23 Å². The van der Waals surface area contributed by atoms with E-state index in [4.69, 9.17) is 4.74 Å². The van der Waals surface area contributed by atoms with Crippen LogP contribution in [0.15, 0.2) is 116 Å². The molecule has 0 amide bonds. The van der Waals surface area contributed by atoms with Gasteiger partial charge in [-0.3, -0.25) is 0 Å². The fourth-order valence-corrected chi connectivity index (χ4v) is 2.64. The van der Waals surface area contributed by atoms with Gasteiger partial charge < -0.3 is 4.74 Å². The second-order valence-electron chi connectivity index (χ2n) is 5.06. The Morgan fingerprint density at radius 2 is 1.67 bits per heavy atom. The third-order valence-corrected chi connectivity index (χ3v) is 3.70. The standard InChI is InChI=1S/C23H26O/c1-6-10-16-20(9-4)23(24-5,22-18-13-12-14-19-22)21(15-8-3)17-11-7-2/h6-19H,2-4H2,1,5H3/b10-6-,17-11-,20-16+,21-15+. The van der Waals surface area contributed by atoms with Crippen molar-refractivity contribution in [3.8, 4) is 0 Å². The van der Waals surface area contributed by atoms with Crippen molar-refractivity contribution in [3.05, 3.63) is 121 Å². The van der Waals surface area contributed by atoms with E-state index in [-0.39, 0.29) is 0 Å². The predicted octanol–water partition coefficient (Wildman–Crippen LogP) is 6.07. The van der Waals surface area contributed by atoms with Crippen LogP contribution in [0.2, 0.25) is 0 Å². The van der Waals surface area contributed by atoms with Crippen molar-refractivity contribution in [2.75, 3.05) is 7.11 Å². The van der Waals surface area contributed by atoms with Gasteiger partial charge in [-0.2, -0.15) is 0 Å². The molecule has 1 nitrogen and oxygen atoms in total. The predicted molar refractivity (Wildman–Crippen MR) is 106 cm³/mol. The number of methoxy groups -OCH3 is 1. The summed E-state index contributed by atoms with van der Waals surface area (Å²) in [6.07, 6.45) is 17.1. The van der Waals surface area contributed by atoms with E-state index in [2.05, 4.69) is 31.9 Å². The molecule has 0 radical (unpaired) electrons. The minimum atomic E-state index is -0.782. The Labute approximate surface area is 146 Å². The maximum Gasteiger partial charge on any atom is 0.143 e. The van der Waals surface area contributed by atoms with Gasteiger partial charge in [0, 0.05) is 7.11 Å². The van der Waals surface area contributed by atoms with Gasteiger partial charge in [-0.15, -0.1) is 0 Å². The molecule has 0 aliphatic rings. The summed E-state index contributed by atoms with van der Waals surface area (Å²) in [6.45, 7) is 13.6. The lowest BCUT2D eigenvalue weighted by atomic mass is 9.78. The molecule has 0 bridgehead atoms. The van der Waals surface area contributed by atoms with Crippen LogP contribution in [0.5, 0.6) is 0 Å². The summed E-state index contributed by atoms with van der Waals surface area (Å²) in [6, 6.07) is 10.1. The Morgan fingerprint density at radius 1 is 0.958 bits per heavy atom. The maximum atomic E-state index is 6.11. The van der Waals surface area contributed by atoms with Crippen LogP contribution in [0.4, 0.5) is 0 Å². The molecule has 0 saturated carbocycles. The summed E-state index contributed by atoms with van der Waals surface area (Å²) in [4.78, 5) is 0. The lowest BCUT2D eigenvalue weighted by molar-refractivity contribution is 0.0573.